The van der Waals surface area contributed by atoms with Crippen molar-refractivity contribution in [3.63, 3.8) is 0 Å². The molecule has 0 aromatic carbocycles. The van der Waals surface area contributed by atoms with Crippen LogP contribution in [0.1, 0.15) is 26.2 Å². The van der Waals surface area contributed by atoms with Crippen LogP contribution in [0.4, 0.5) is 0 Å². The van der Waals surface area contributed by atoms with Crippen LogP contribution in [0.3, 0.4) is 0 Å². The van der Waals surface area contributed by atoms with E-state index in [-0.39, 0.29) is 19.1 Å². The molecule has 0 amide bonds. The fourth-order valence-corrected chi connectivity index (χ4v) is 0.862. The quantitative estimate of drug-likeness (QED) is 0.520. The average Bonchev–Trinajstić information content (AvgIpc) is 2.01. The van der Waals surface area contributed by atoms with Crippen LogP contribution in [0.25, 0.3) is 0 Å². The smallest absolute Gasteiger partial charge is 0.0562 e. The van der Waals surface area contributed by atoms with E-state index in [0.29, 0.717) is 12.8 Å². The first-order valence-electron chi connectivity index (χ1n) is 4.10. The van der Waals surface area contributed by atoms with Crippen molar-refractivity contribution in [2.45, 2.75) is 32.3 Å². The summed E-state index contributed by atoms with van der Waals surface area (Å²) in [6.45, 7) is 2.15. The van der Waals surface area contributed by atoms with Crippen LogP contribution in [-0.2, 0) is 0 Å². The normalized spacial score (nSPS) is 16.4. The Kier molecular flexibility index (Phi) is 6.51. The van der Waals surface area contributed by atoms with Crippen LogP contribution < -0.4 is 0 Å². The highest BCUT2D eigenvalue weighted by molar-refractivity contribution is 4.58. The summed E-state index contributed by atoms with van der Waals surface area (Å²) in [5.41, 5.74) is 0. The highest BCUT2D eigenvalue weighted by Crippen LogP contribution is 2.08. The number of hydrogen-bond acceptors (Lipinski definition) is 3. The van der Waals surface area contributed by atoms with Gasteiger partial charge in [0.05, 0.1) is 6.10 Å². The van der Waals surface area contributed by atoms with Crippen molar-refractivity contribution in [2.75, 3.05) is 13.2 Å². The number of aliphatic hydroxyl groups excluding tert-OH is 3. The van der Waals surface area contributed by atoms with E-state index in [1.54, 1.807) is 0 Å². The van der Waals surface area contributed by atoms with E-state index < -0.39 is 6.10 Å². The van der Waals surface area contributed by atoms with Gasteiger partial charge in [0, 0.05) is 13.2 Å². The Labute approximate surface area is 67.7 Å². The lowest BCUT2D eigenvalue weighted by atomic mass is 10.0. The van der Waals surface area contributed by atoms with Crippen LogP contribution in [0, 0.1) is 5.92 Å². The molecule has 0 spiro atoms. The number of rotatable bonds is 6. The zero-order valence-electron chi connectivity index (χ0n) is 7.03. The molecule has 2 atom stereocenters. The van der Waals surface area contributed by atoms with Crippen LogP contribution in [0.2, 0.25) is 0 Å². The molecule has 0 rings (SSSR count). The molecule has 0 radical (unpaired) electrons. The molecule has 0 saturated carbocycles. The van der Waals surface area contributed by atoms with E-state index in [1.165, 1.54) is 0 Å². The second-order valence-corrected chi connectivity index (χ2v) is 3.03. The predicted octanol–water partition coefficient (Wildman–Crippen LogP) is 0.138. The van der Waals surface area contributed by atoms with Gasteiger partial charge < -0.3 is 15.3 Å². The lowest BCUT2D eigenvalue weighted by molar-refractivity contribution is 0.113. The fourth-order valence-electron chi connectivity index (χ4n) is 0.862. The van der Waals surface area contributed by atoms with Crippen molar-refractivity contribution in [3.05, 3.63) is 0 Å². The largest absolute Gasteiger partial charge is 0.396 e. The molecule has 0 fully saturated rings. The van der Waals surface area contributed by atoms with Gasteiger partial charge in [-0.25, -0.2) is 0 Å². The van der Waals surface area contributed by atoms with E-state index in [4.69, 9.17) is 15.3 Å². The van der Waals surface area contributed by atoms with Gasteiger partial charge in [-0.05, 0) is 25.2 Å². The van der Waals surface area contributed by atoms with Crippen molar-refractivity contribution in [1.29, 1.82) is 0 Å². The lowest BCUT2D eigenvalue weighted by Crippen LogP contribution is -2.11. The Morgan fingerprint density at radius 3 is 2.18 bits per heavy atom. The third kappa shape index (κ3) is 6.28. The second kappa shape index (κ2) is 6.58. The molecule has 3 heteroatoms. The van der Waals surface area contributed by atoms with Crippen molar-refractivity contribution in [1.82, 2.24) is 0 Å². The molecule has 0 heterocycles. The standard InChI is InChI=1S/C8H18O3/c1-7(6-10)2-3-8(11)4-5-9/h7-11H,2-6H2,1H3/t7-,8+/m0/s1. The highest BCUT2D eigenvalue weighted by Gasteiger charge is 2.05. The molecule has 11 heavy (non-hydrogen) atoms. The summed E-state index contributed by atoms with van der Waals surface area (Å²) in [6.07, 6.45) is 1.52. The molecule has 0 aliphatic rings. The van der Waals surface area contributed by atoms with Crippen LogP contribution in [0.15, 0.2) is 0 Å². The topological polar surface area (TPSA) is 60.7 Å². The molecule has 0 bridgehead atoms. The van der Waals surface area contributed by atoms with Gasteiger partial charge in [0.1, 0.15) is 0 Å². The average molecular weight is 162 g/mol. The third-order valence-electron chi connectivity index (χ3n) is 1.77. The van der Waals surface area contributed by atoms with Crippen LogP contribution in [0.5, 0.6) is 0 Å². The van der Waals surface area contributed by atoms with E-state index in [2.05, 4.69) is 0 Å². The molecule has 0 saturated heterocycles. The molecule has 0 unspecified atom stereocenters. The minimum Gasteiger partial charge on any atom is -0.396 e. The Morgan fingerprint density at radius 2 is 1.73 bits per heavy atom. The number of hydrogen-bond donors (Lipinski definition) is 3. The maximum absolute atomic E-state index is 9.15. The van der Waals surface area contributed by atoms with Gasteiger partial charge >= 0.3 is 0 Å². The second-order valence-electron chi connectivity index (χ2n) is 3.03. The first-order valence-corrected chi connectivity index (χ1v) is 4.10. The Balaban J connectivity index is 3.22. The molecule has 3 N–H and O–H groups in total. The van der Waals surface area contributed by atoms with E-state index in [0.717, 1.165) is 6.42 Å². The first kappa shape index (κ1) is 10.9. The lowest BCUT2D eigenvalue weighted by Gasteiger charge is -2.11. The molecule has 0 aromatic rings. The van der Waals surface area contributed by atoms with Gasteiger partial charge in [-0.2, -0.15) is 0 Å². The van der Waals surface area contributed by atoms with Gasteiger partial charge in [0.2, 0.25) is 0 Å². The molecule has 0 aliphatic heterocycles. The molecule has 0 aromatic heterocycles. The summed E-state index contributed by atoms with van der Waals surface area (Å²) in [5, 5.41) is 26.2. The van der Waals surface area contributed by atoms with Crippen LogP contribution in [-0.4, -0.2) is 34.6 Å². The van der Waals surface area contributed by atoms with Gasteiger partial charge in [0.25, 0.3) is 0 Å². The third-order valence-corrected chi connectivity index (χ3v) is 1.77. The minimum atomic E-state index is -0.408. The maximum Gasteiger partial charge on any atom is 0.0562 e. The predicted molar refractivity (Wildman–Crippen MR) is 43.2 cm³/mol. The molecule has 3 nitrogen and oxygen atoms in total. The monoisotopic (exact) mass is 162 g/mol. The highest BCUT2D eigenvalue weighted by atomic mass is 16.3. The summed E-state index contributed by atoms with van der Waals surface area (Å²) in [5.74, 6) is 0.253. The minimum absolute atomic E-state index is 0.0364. The summed E-state index contributed by atoms with van der Waals surface area (Å²) in [4.78, 5) is 0. The zero-order valence-corrected chi connectivity index (χ0v) is 7.03. The van der Waals surface area contributed by atoms with Gasteiger partial charge in [0.15, 0.2) is 0 Å². The maximum atomic E-state index is 9.15. The van der Waals surface area contributed by atoms with Crippen molar-refractivity contribution >= 4 is 0 Å². The SMILES string of the molecule is C[C@H](CO)CC[C@@H](O)CCO. The molecule has 68 valence electrons. The van der Waals surface area contributed by atoms with E-state index in [1.807, 2.05) is 6.92 Å². The van der Waals surface area contributed by atoms with Gasteiger partial charge in [-0.15, -0.1) is 0 Å². The van der Waals surface area contributed by atoms with Gasteiger partial charge in [-0.3, -0.25) is 0 Å². The fraction of sp³-hybridized carbons (Fsp3) is 1.00. The molecule has 0 aliphatic carbocycles. The Hall–Kier alpha value is -0.120. The Bertz CT molecular complexity index is 85.4. The first-order chi connectivity index (χ1) is 5.20. The van der Waals surface area contributed by atoms with E-state index in [9.17, 15) is 0 Å². The Morgan fingerprint density at radius 1 is 1.09 bits per heavy atom. The zero-order chi connectivity index (χ0) is 8.69. The summed E-state index contributed by atoms with van der Waals surface area (Å²) < 4.78 is 0. The summed E-state index contributed by atoms with van der Waals surface area (Å²) in [7, 11) is 0. The summed E-state index contributed by atoms with van der Waals surface area (Å²) >= 11 is 0. The summed E-state index contributed by atoms with van der Waals surface area (Å²) in [6, 6.07) is 0. The van der Waals surface area contributed by atoms with Crippen molar-refractivity contribution in [3.8, 4) is 0 Å². The van der Waals surface area contributed by atoms with Crippen molar-refractivity contribution in [2.24, 2.45) is 5.92 Å². The van der Waals surface area contributed by atoms with Crippen molar-refractivity contribution < 1.29 is 15.3 Å². The molecular formula is C8H18O3. The van der Waals surface area contributed by atoms with Gasteiger partial charge in [-0.1, -0.05) is 6.92 Å². The molecular weight excluding hydrogens is 144 g/mol. The van der Waals surface area contributed by atoms with E-state index >= 15 is 0 Å². The number of aliphatic hydroxyl groups is 3. The van der Waals surface area contributed by atoms with Crippen LogP contribution >= 0.6 is 0 Å².